The molecule has 51 heavy (non-hydrogen) atoms. The number of methoxy groups -OCH3 is 2. The van der Waals surface area contributed by atoms with Gasteiger partial charge in [-0.25, -0.2) is 9.37 Å². The minimum atomic E-state index is -0.507. The lowest BCUT2D eigenvalue weighted by molar-refractivity contribution is 0.130. The van der Waals surface area contributed by atoms with Crippen LogP contribution in [0.25, 0.3) is 0 Å². The summed E-state index contributed by atoms with van der Waals surface area (Å²) in [4.78, 5) is 18.6. The smallest absolute Gasteiger partial charge is 0.251 e. The molecule has 3 aromatic heterocycles. The lowest BCUT2D eigenvalue weighted by atomic mass is 9.98. The second-order valence-electron chi connectivity index (χ2n) is 12.9. The molecule has 1 aliphatic carbocycles. The fraction of sp³-hybridized carbons (Fsp3) is 0.583. The van der Waals surface area contributed by atoms with E-state index in [2.05, 4.69) is 34.4 Å². The largest absolute Gasteiger partial charge is 0.479 e. The molecule has 0 amide bonds. The highest BCUT2D eigenvalue weighted by molar-refractivity contribution is 6.30. The van der Waals surface area contributed by atoms with Crippen LogP contribution in [0.5, 0.6) is 11.8 Å². The van der Waals surface area contributed by atoms with Crippen LogP contribution in [-0.2, 0) is 6.54 Å². The molecule has 3 N–H and O–H groups in total. The highest BCUT2D eigenvalue weighted by Gasteiger charge is 2.21. The van der Waals surface area contributed by atoms with Crippen LogP contribution < -0.4 is 19.3 Å². The fourth-order valence-corrected chi connectivity index (χ4v) is 6.26. The molecule has 284 valence electrons. The van der Waals surface area contributed by atoms with Crippen LogP contribution >= 0.6 is 34.8 Å². The summed E-state index contributed by atoms with van der Waals surface area (Å²) in [5.41, 5.74) is 3.09. The molecule has 0 unspecified atom stereocenters. The van der Waals surface area contributed by atoms with Crippen molar-refractivity contribution in [3.8, 4) is 11.8 Å². The number of halogens is 4. The van der Waals surface area contributed by atoms with E-state index in [0.29, 0.717) is 16.2 Å². The molecule has 1 saturated carbocycles. The second-order valence-corrected chi connectivity index (χ2v) is 14.0. The van der Waals surface area contributed by atoms with Crippen LogP contribution in [-0.4, -0.2) is 108 Å². The number of ether oxygens (including phenoxy) is 2. The van der Waals surface area contributed by atoms with Crippen LogP contribution in [0.3, 0.4) is 0 Å². The molecule has 6 rings (SSSR count). The number of aliphatic hydroxyl groups excluding tert-OH is 3. The molecule has 3 aliphatic rings. The van der Waals surface area contributed by atoms with Gasteiger partial charge in [-0.15, -0.1) is 0 Å². The number of aromatic nitrogens is 3. The predicted octanol–water partition coefficient (Wildman–Crippen LogP) is 6.66. The quantitative estimate of drug-likeness (QED) is 0.233. The zero-order chi connectivity index (χ0) is 37.3. The molecule has 15 heteroatoms. The normalized spacial score (nSPS) is 17.0. The molecule has 2 aliphatic heterocycles. The van der Waals surface area contributed by atoms with Crippen molar-refractivity contribution < 1.29 is 29.2 Å². The highest BCUT2D eigenvalue weighted by Crippen LogP contribution is 2.30. The molecule has 5 heterocycles. The van der Waals surface area contributed by atoms with Crippen LogP contribution in [0.2, 0.25) is 15.5 Å². The van der Waals surface area contributed by atoms with Gasteiger partial charge in [0.25, 0.3) is 5.88 Å². The first-order valence-electron chi connectivity index (χ1n) is 17.3. The van der Waals surface area contributed by atoms with Gasteiger partial charge < -0.3 is 39.5 Å². The van der Waals surface area contributed by atoms with E-state index in [0.717, 1.165) is 88.3 Å². The number of anilines is 2. The highest BCUT2D eigenvalue weighted by atomic mass is 35.5. The number of hydrogen-bond donors (Lipinski definition) is 3. The summed E-state index contributed by atoms with van der Waals surface area (Å²) < 4.78 is 22.3. The molecule has 11 nitrogen and oxygen atoms in total. The number of nitrogens with zero attached hydrogens (tertiary/aromatic N) is 6. The van der Waals surface area contributed by atoms with E-state index in [4.69, 9.17) is 44.6 Å². The first-order valence-corrected chi connectivity index (χ1v) is 18.4. The van der Waals surface area contributed by atoms with Crippen molar-refractivity contribution in [1.29, 1.82) is 0 Å². The number of rotatable bonds is 6. The standard InChI is InChI=1S/C13H20ClN3O.C11H15ClN2O2.C6H5ClFNO.C6H12O/c1-16(2)9-11-12(3-4-13(14)15-11)17-7-5-10(18)6-8-17;1-16-11-9(2-3-10(12)13-11)14-6-4-8(15)5-7-14;1-10-6-4(8)2-3-5(7)9-6;7-6-4-2-1-3-5-6/h3-4,10,18H,5-9H2,1-2H3;2-3,8,15H,4-7H2,1H3;2-3H,1H3;6-7H,1-5H2. The summed E-state index contributed by atoms with van der Waals surface area (Å²) in [6.45, 7) is 4.17. The summed E-state index contributed by atoms with van der Waals surface area (Å²) in [6, 6.07) is 10.1. The van der Waals surface area contributed by atoms with Gasteiger partial charge in [0, 0.05) is 32.7 Å². The van der Waals surface area contributed by atoms with E-state index in [-0.39, 0.29) is 29.3 Å². The molecular formula is C36H52Cl3FN6O5. The minimum absolute atomic E-state index is 0.0359. The van der Waals surface area contributed by atoms with Crippen molar-refractivity contribution in [3.05, 3.63) is 63.4 Å². The molecule has 0 spiro atoms. The van der Waals surface area contributed by atoms with Crippen molar-refractivity contribution in [2.75, 3.05) is 64.3 Å². The van der Waals surface area contributed by atoms with E-state index < -0.39 is 5.82 Å². The van der Waals surface area contributed by atoms with Crippen LogP contribution in [0.4, 0.5) is 15.8 Å². The van der Waals surface area contributed by atoms with Gasteiger partial charge in [-0.2, -0.15) is 9.97 Å². The topological polar surface area (TPSA) is 128 Å². The lowest BCUT2D eigenvalue weighted by Gasteiger charge is -2.32. The van der Waals surface area contributed by atoms with Gasteiger partial charge in [-0.05, 0) is 89.0 Å². The Labute approximate surface area is 316 Å². The first-order chi connectivity index (χ1) is 24.4. The van der Waals surface area contributed by atoms with Gasteiger partial charge in [0.15, 0.2) is 5.82 Å². The number of pyridine rings is 3. The van der Waals surface area contributed by atoms with Gasteiger partial charge in [0.2, 0.25) is 5.88 Å². The Morgan fingerprint density at radius 3 is 1.53 bits per heavy atom. The van der Waals surface area contributed by atoms with E-state index in [9.17, 15) is 14.6 Å². The molecule has 3 aromatic rings. The number of hydrogen-bond acceptors (Lipinski definition) is 11. The third-order valence-corrected chi connectivity index (χ3v) is 9.17. The Bertz CT molecular complexity index is 1460. The van der Waals surface area contributed by atoms with Crippen molar-refractivity contribution in [3.63, 3.8) is 0 Å². The molecule has 3 fully saturated rings. The maximum atomic E-state index is 12.5. The lowest BCUT2D eigenvalue weighted by Crippen LogP contribution is -2.36. The van der Waals surface area contributed by atoms with E-state index in [1.54, 1.807) is 13.2 Å². The van der Waals surface area contributed by atoms with Crippen molar-refractivity contribution >= 4 is 46.2 Å². The van der Waals surface area contributed by atoms with Crippen LogP contribution in [0.15, 0.2) is 36.4 Å². The number of aliphatic hydroxyl groups is 3. The fourth-order valence-electron chi connectivity index (χ4n) is 5.81. The third-order valence-electron chi connectivity index (χ3n) is 8.54. The zero-order valence-corrected chi connectivity index (χ0v) is 32.2. The molecular weight excluding hydrogens is 722 g/mol. The average Bonchev–Trinajstić information content (AvgIpc) is 3.11. The Balaban J connectivity index is 0.000000194. The maximum Gasteiger partial charge on any atom is 0.251 e. The summed E-state index contributed by atoms with van der Waals surface area (Å²) in [6.07, 6.45) is 8.81. The Hall–Kier alpha value is -2.71. The molecule has 2 saturated heterocycles. The molecule has 0 radical (unpaired) electrons. The van der Waals surface area contributed by atoms with Gasteiger partial charge in [-0.3, -0.25) is 0 Å². The molecule has 0 atom stereocenters. The Morgan fingerprint density at radius 2 is 1.08 bits per heavy atom. The zero-order valence-electron chi connectivity index (χ0n) is 29.9. The van der Waals surface area contributed by atoms with Gasteiger partial charge in [-0.1, -0.05) is 54.1 Å². The SMILES string of the molecule is CN(C)Cc1nc(Cl)ccc1N1CCC(O)CC1.COc1nc(Cl)ccc1F.COc1nc(Cl)ccc1N1CCC(O)CC1.OC1CCCCC1. The summed E-state index contributed by atoms with van der Waals surface area (Å²) in [7, 11) is 6.96. The van der Waals surface area contributed by atoms with Crippen molar-refractivity contribution in [2.24, 2.45) is 0 Å². The predicted molar refractivity (Wildman–Crippen MR) is 202 cm³/mol. The summed E-state index contributed by atoms with van der Waals surface area (Å²) in [5.74, 6) is -0.0386. The monoisotopic (exact) mass is 772 g/mol. The van der Waals surface area contributed by atoms with Crippen LogP contribution in [0, 0.1) is 5.82 Å². The summed E-state index contributed by atoms with van der Waals surface area (Å²) >= 11 is 17.2. The number of piperidine rings is 2. The van der Waals surface area contributed by atoms with E-state index in [1.165, 1.54) is 38.5 Å². The Morgan fingerprint density at radius 1 is 0.647 bits per heavy atom. The van der Waals surface area contributed by atoms with Gasteiger partial charge >= 0.3 is 0 Å². The summed E-state index contributed by atoms with van der Waals surface area (Å²) in [5, 5.41) is 29.1. The van der Waals surface area contributed by atoms with Crippen molar-refractivity contribution in [2.45, 2.75) is 82.6 Å². The molecule has 0 aromatic carbocycles. The van der Waals surface area contributed by atoms with Crippen molar-refractivity contribution in [1.82, 2.24) is 19.9 Å². The van der Waals surface area contributed by atoms with E-state index >= 15 is 0 Å². The average molecular weight is 774 g/mol. The van der Waals surface area contributed by atoms with E-state index in [1.807, 2.05) is 32.3 Å². The third kappa shape index (κ3) is 15.0. The minimum Gasteiger partial charge on any atom is -0.479 e. The van der Waals surface area contributed by atoms with Crippen LogP contribution in [0.1, 0.15) is 63.5 Å². The molecule has 0 bridgehead atoms. The van der Waals surface area contributed by atoms with Gasteiger partial charge in [0.1, 0.15) is 15.5 Å². The maximum absolute atomic E-state index is 12.5. The Kier molecular flexibility index (Phi) is 18.7. The second kappa shape index (κ2) is 22.4. The first kappa shape index (κ1) is 42.7. The van der Waals surface area contributed by atoms with Gasteiger partial charge in [0.05, 0.1) is 49.6 Å².